The number of fused-ring (bicyclic) bond motifs is 2. The first-order valence-electron chi connectivity index (χ1n) is 20.9. The molecule has 2 saturated heterocycles. The molecule has 6 aromatic rings. The average molecular weight is 881 g/mol. The molecular weight excluding hydrogens is 829 g/mol. The standard InChI is InChI=1S/C44H52N10O6S2/c1-23(2)31(51-41(57)59-7)37(55)53-17-9-15-43(53,5)39-45-19-29(49-39)27-13-11-25(33-35(27)61-21-47-33)26-12-14-28(36-34(26)48-22-62-36)30-20-46-40(50-30)44(6)16-10-18-54(44)38(56)32(24(3)4)52-42(58)60-8/h11-14,19-24,31-32H,9-10,15-18H2,1-8H3,(H,45,49)(H,46,50)(H,51,57)(H,52,58)/t31-,32-,43-,44-/m0/s1. The van der Waals surface area contributed by atoms with Gasteiger partial charge >= 0.3 is 12.2 Å². The lowest BCUT2D eigenvalue weighted by molar-refractivity contribution is -0.139. The van der Waals surface area contributed by atoms with Gasteiger partial charge in [0.25, 0.3) is 0 Å². The van der Waals surface area contributed by atoms with Crippen LogP contribution in [0.4, 0.5) is 9.59 Å². The number of aromatic nitrogens is 6. The van der Waals surface area contributed by atoms with Crippen molar-refractivity contribution in [3.63, 3.8) is 0 Å². The van der Waals surface area contributed by atoms with Gasteiger partial charge in [-0.1, -0.05) is 52.0 Å². The Hall–Kier alpha value is -5.88. The number of amides is 4. The van der Waals surface area contributed by atoms with E-state index in [1.54, 1.807) is 22.7 Å². The molecule has 6 heterocycles. The van der Waals surface area contributed by atoms with Crippen LogP contribution in [0.15, 0.2) is 47.7 Å². The van der Waals surface area contributed by atoms with Gasteiger partial charge in [0, 0.05) is 47.7 Å². The van der Waals surface area contributed by atoms with Gasteiger partial charge < -0.3 is 39.9 Å². The van der Waals surface area contributed by atoms with Crippen LogP contribution in [0.2, 0.25) is 0 Å². The van der Waals surface area contributed by atoms with Crippen LogP contribution in [0.3, 0.4) is 0 Å². The number of ether oxygens (including phenoxy) is 2. The summed E-state index contributed by atoms with van der Waals surface area (Å²) in [5, 5.41) is 5.45. The largest absolute Gasteiger partial charge is 0.453 e. The summed E-state index contributed by atoms with van der Waals surface area (Å²) >= 11 is 3.08. The number of carbonyl (C=O) groups is 4. The zero-order valence-electron chi connectivity index (χ0n) is 36.1. The molecule has 0 radical (unpaired) electrons. The molecule has 0 spiro atoms. The fraction of sp³-hybridized carbons (Fsp3) is 0.455. The minimum Gasteiger partial charge on any atom is -0.453 e. The third-order valence-electron chi connectivity index (χ3n) is 12.6. The molecule has 2 fully saturated rings. The van der Waals surface area contributed by atoms with E-state index in [9.17, 15) is 19.2 Å². The molecule has 4 atom stereocenters. The zero-order chi connectivity index (χ0) is 44.1. The number of likely N-dealkylation sites (tertiary alicyclic amines) is 2. The van der Waals surface area contributed by atoms with Crippen LogP contribution in [0.5, 0.6) is 0 Å². The lowest BCUT2D eigenvalue weighted by atomic mass is 9.95. The van der Waals surface area contributed by atoms with Crippen molar-refractivity contribution in [2.24, 2.45) is 11.8 Å². The predicted molar refractivity (Wildman–Crippen MR) is 238 cm³/mol. The second-order valence-electron chi connectivity index (χ2n) is 17.1. The molecule has 2 aromatic carbocycles. The van der Waals surface area contributed by atoms with Gasteiger partial charge in [-0.05, 0) is 51.4 Å². The number of methoxy groups -OCH3 is 2. The Morgan fingerprint density at radius 2 is 1.05 bits per heavy atom. The predicted octanol–water partition coefficient (Wildman–Crippen LogP) is 7.79. The number of rotatable bonds is 11. The molecule has 4 N–H and O–H groups in total. The summed E-state index contributed by atoms with van der Waals surface area (Å²) in [6, 6.07) is 6.79. The summed E-state index contributed by atoms with van der Waals surface area (Å²) in [5.41, 5.74) is 9.16. The number of H-pyrrole nitrogens is 2. The van der Waals surface area contributed by atoms with Crippen molar-refractivity contribution in [1.29, 1.82) is 0 Å². The summed E-state index contributed by atoms with van der Waals surface area (Å²) in [6.45, 7) is 12.7. The Morgan fingerprint density at radius 3 is 1.42 bits per heavy atom. The number of carbonyl (C=O) groups excluding carboxylic acids is 4. The maximum Gasteiger partial charge on any atom is 0.407 e. The quantitative estimate of drug-likeness (QED) is 0.0996. The molecule has 16 nitrogen and oxygen atoms in total. The highest BCUT2D eigenvalue weighted by atomic mass is 32.1. The summed E-state index contributed by atoms with van der Waals surface area (Å²) in [6.07, 6.45) is 5.53. The van der Waals surface area contributed by atoms with Crippen LogP contribution in [-0.4, -0.2) is 103 Å². The molecule has 62 heavy (non-hydrogen) atoms. The molecule has 0 aliphatic carbocycles. The number of hydrogen-bond acceptors (Lipinski definition) is 12. The highest BCUT2D eigenvalue weighted by Crippen LogP contribution is 2.44. The fourth-order valence-electron chi connectivity index (χ4n) is 9.07. The van der Waals surface area contributed by atoms with Crippen LogP contribution in [0.25, 0.3) is 54.1 Å². The molecule has 0 bridgehead atoms. The second-order valence-corrected chi connectivity index (χ2v) is 18.8. The van der Waals surface area contributed by atoms with Gasteiger partial charge in [0.2, 0.25) is 11.8 Å². The topological polar surface area (TPSA) is 200 Å². The average Bonchev–Trinajstić information content (AvgIpc) is 4.12. The van der Waals surface area contributed by atoms with Crippen molar-refractivity contribution < 1.29 is 28.7 Å². The number of nitrogens with one attached hydrogen (secondary N) is 4. The number of hydrogen-bond donors (Lipinski definition) is 4. The summed E-state index contributed by atoms with van der Waals surface area (Å²) in [5.74, 6) is 0.733. The number of thiazole rings is 2. The zero-order valence-corrected chi connectivity index (χ0v) is 37.8. The first-order valence-corrected chi connectivity index (χ1v) is 22.6. The Balaban J connectivity index is 1.07. The third kappa shape index (κ3) is 7.35. The minimum absolute atomic E-state index is 0.144. The molecule has 0 unspecified atom stereocenters. The number of benzene rings is 2. The van der Waals surface area contributed by atoms with E-state index in [1.165, 1.54) is 14.2 Å². The Kier molecular flexibility index (Phi) is 11.6. The molecule has 2 aliphatic rings. The summed E-state index contributed by atoms with van der Waals surface area (Å²) in [4.78, 5) is 82.5. The van der Waals surface area contributed by atoms with Gasteiger partial charge in [0.1, 0.15) is 23.7 Å². The monoisotopic (exact) mass is 880 g/mol. The van der Waals surface area contributed by atoms with Gasteiger partial charge in [-0.15, -0.1) is 22.7 Å². The van der Waals surface area contributed by atoms with Crippen LogP contribution < -0.4 is 10.6 Å². The molecule has 4 aromatic heterocycles. The van der Waals surface area contributed by atoms with Gasteiger partial charge in [0.15, 0.2) is 0 Å². The summed E-state index contributed by atoms with van der Waals surface area (Å²) < 4.78 is 11.6. The first-order chi connectivity index (χ1) is 29.7. The van der Waals surface area contributed by atoms with Gasteiger partial charge in [-0.25, -0.2) is 29.5 Å². The Morgan fingerprint density at radius 1 is 0.661 bits per heavy atom. The minimum atomic E-state index is -0.737. The van der Waals surface area contributed by atoms with E-state index in [-0.39, 0.29) is 23.7 Å². The van der Waals surface area contributed by atoms with E-state index in [1.807, 2.05) is 74.8 Å². The van der Waals surface area contributed by atoms with E-state index in [2.05, 4.69) is 44.9 Å². The molecular formula is C44H52N10O6S2. The van der Waals surface area contributed by atoms with E-state index in [0.717, 1.165) is 79.8 Å². The van der Waals surface area contributed by atoms with Crippen molar-refractivity contribution in [2.75, 3.05) is 27.3 Å². The molecule has 8 rings (SSSR count). The van der Waals surface area contributed by atoms with Crippen molar-refractivity contribution in [3.8, 4) is 33.6 Å². The van der Waals surface area contributed by atoms with Crippen molar-refractivity contribution in [1.82, 2.24) is 50.3 Å². The number of imidazole rings is 2. The molecule has 4 amide bonds. The third-order valence-corrected chi connectivity index (χ3v) is 14.3. The van der Waals surface area contributed by atoms with Gasteiger partial charge in [-0.2, -0.15) is 0 Å². The van der Waals surface area contributed by atoms with Crippen molar-refractivity contribution in [2.45, 2.75) is 90.4 Å². The highest BCUT2D eigenvalue weighted by Gasteiger charge is 2.47. The lowest BCUT2D eigenvalue weighted by Crippen LogP contribution is -2.55. The molecule has 0 saturated carbocycles. The van der Waals surface area contributed by atoms with Crippen molar-refractivity contribution in [3.05, 3.63) is 59.3 Å². The van der Waals surface area contributed by atoms with Crippen LogP contribution in [0.1, 0.15) is 78.9 Å². The molecule has 2 aliphatic heterocycles. The fourth-order valence-corrected chi connectivity index (χ4v) is 10.7. The normalized spacial score (nSPS) is 20.0. The van der Waals surface area contributed by atoms with Crippen LogP contribution in [-0.2, 0) is 30.1 Å². The van der Waals surface area contributed by atoms with Crippen molar-refractivity contribution >= 4 is 67.1 Å². The first kappa shape index (κ1) is 42.8. The van der Waals surface area contributed by atoms with E-state index in [4.69, 9.17) is 29.4 Å². The number of alkyl carbamates (subject to hydrolysis) is 2. The van der Waals surface area contributed by atoms with Crippen LogP contribution >= 0.6 is 22.7 Å². The van der Waals surface area contributed by atoms with Crippen LogP contribution in [0, 0.1) is 11.8 Å². The highest BCUT2D eigenvalue weighted by molar-refractivity contribution is 7.17. The van der Waals surface area contributed by atoms with E-state index in [0.29, 0.717) is 24.7 Å². The number of aromatic amines is 2. The Labute approximate surface area is 367 Å². The number of nitrogens with zero attached hydrogens (tertiary/aromatic N) is 6. The molecule has 18 heteroatoms. The SMILES string of the molecule is COC(=O)N[C@H](C(=O)N1CCC[C@@]1(C)c1nc(-c2ccc(-c3ccc(-c4c[nH]c([C@]5(C)CCCN5C(=O)[C@@H](NC(=O)OC)C(C)C)n4)c4scnc34)c3ncsc23)c[nH]1)C(C)C. The van der Waals surface area contributed by atoms with Gasteiger partial charge in [0.05, 0.1) is 68.1 Å². The van der Waals surface area contributed by atoms with E-state index >= 15 is 0 Å². The second kappa shape index (κ2) is 16.8. The maximum absolute atomic E-state index is 13.9. The molecule has 326 valence electrons. The summed E-state index contributed by atoms with van der Waals surface area (Å²) in [7, 11) is 2.58. The maximum atomic E-state index is 13.9. The van der Waals surface area contributed by atoms with Gasteiger partial charge in [-0.3, -0.25) is 9.59 Å². The Bertz CT molecular complexity index is 2490. The lowest BCUT2D eigenvalue weighted by Gasteiger charge is -2.37. The van der Waals surface area contributed by atoms with E-state index < -0.39 is 35.3 Å². The smallest absolute Gasteiger partial charge is 0.407 e.